The number of hydrogen-bond acceptors (Lipinski definition) is 2. The van der Waals surface area contributed by atoms with E-state index in [1.165, 1.54) is 0 Å². The van der Waals surface area contributed by atoms with Gasteiger partial charge < -0.3 is 5.11 Å². The smallest absolute Gasteiger partial charge is 0.0682 e. The molecule has 1 aromatic carbocycles. The van der Waals surface area contributed by atoms with E-state index in [4.69, 9.17) is 5.11 Å². The normalized spacial score (nSPS) is 12.9. The molecule has 0 fully saturated rings. The molecule has 0 spiro atoms. The fourth-order valence-electron chi connectivity index (χ4n) is 0.823. The molecule has 0 aliphatic rings. The van der Waals surface area contributed by atoms with Gasteiger partial charge in [0.25, 0.3) is 0 Å². The van der Waals surface area contributed by atoms with E-state index in [9.17, 15) is 4.21 Å². The van der Waals surface area contributed by atoms with E-state index in [1.807, 2.05) is 0 Å². The van der Waals surface area contributed by atoms with Crippen LogP contribution < -0.4 is 0 Å². The van der Waals surface area contributed by atoms with E-state index >= 15 is 0 Å². The van der Waals surface area contributed by atoms with Crippen LogP contribution in [-0.2, 0) is 17.4 Å². The summed E-state index contributed by atoms with van der Waals surface area (Å²) in [4.78, 5) is 0.761. The highest BCUT2D eigenvalue weighted by molar-refractivity contribution is 7.84. The summed E-state index contributed by atoms with van der Waals surface area (Å²) in [7, 11) is -0.952. The molecule has 11 heavy (non-hydrogen) atoms. The summed E-state index contributed by atoms with van der Waals surface area (Å²) < 4.78 is 10.9. The SMILES string of the molecule is CS(=O)c1cccc(CO)c1. The zero-order valence-electron chi connectivity index (χ0n) is 6.28. The molecule has 0 aromatic heterocycles. The van der Waals surface area contributed by atoms with Gasteiger partial charge in [-0.25, -0.2) is 0 Å². The summed E-state index contributed by atoms with van der Waals surface area (Å²) in [6.45, 7) is 0.00500. The maximum absolute atomic E-state index is 10.9. The van der Waals surface area contributed by atoms with Crippen LogP contribution in [0.15, 0.2) is 29.2 Å². The molecule has 1 unspecified atom stereocenters. The molecular formula is C8H10O2S. The Hall–Kier alpha value is -0.670. The van der Waals surface area contributed by atoms with Crippen molar-refractivity contribution in [1.82, 2.24) is 0 Å². The van der Waals surface area contributed by atoms with Gasteiger partial charge in [-0.1, -0.05) is 12.1 Å². The molecule has 0 amide bonds. The first kappa shape index (κ1) is 8.43. The van der Waals surface area contributed by atoms with E-state index in [1.54, 1.807) is 30.5 Å². The first-order valence-electron chi connectivity index (χ1n) is 3.27. The summed E-state index contributed by atoms with van der Waals surface area (Å²) in [5.74, 6) is 0. The molecule has 1 N–H and O–H groups in total. The van der Waals surface area contributed by atoms with Crippen LogP contribution in [0.3, 0.4) is 0 Å². The second-order valence-electron chi connectivity index (χ2n) is 2.26. The van der Waals surface area contributed by atoms with Gasteiger partial charge in [0.1, 0.15) is 0 Å². The Morgan fingerprint density at radius 3 is 2.82 bits per heavy atom. The van der Waals surface area contributed by atoms with Crippen molar-refractivity contribution in [3.8, 4) is 0 Å². The first-order chi connectivity index (χ1) is 5.24. The quantitative estimate of drug-likeness (QED) is 0.716. The van der Waals surface area contributed by atoms with E-state index in [0.717, 1.165) is 10.5 Å². The summed E-state index contributed by atoms with van der Waals surface area (Å²) in [6, 6.07) is 7.13. The standard InChI is InChI=1S/C8H10O2S/c1-11(10)8-4-2-3-7(5-8)6-9/h2-5,9H,6H2,1H3. The van der Waals surface area contributed by atoms with Crippen molar-refractivity contribution in [2.45, 2.75) is 11.5 Å². The molecule has 0 aliphatic carbocycles. The minimum absolute atomic E-state index is 0.00500. The second-order valence-corrected chi connectivity index (χ2v) is 3.64. The van der Waals surface area contributed by atoms with Gasteiger partial charge in [-0.15, -0.1) is 0 Å². The van der Waals surface area contributed by atoms with Crippen LogP contribution in [-0.4, -0.2) is 15.6 Å². The highest BCUT2D eigenvalue weighted by Gasteiger charge is 1.96. The molecule has 0 aliphatic heterocycles. The van der Waals surface area contributed by atoms with Gasteiger partial charge in [0.15, 0.2) is 0 Å². The van der Waals surface area contributed by atoms with E-state index in [0.29, 0.717) is 0 Å². The summed E-state index contributed by atoms with van der Waals surface area (Å²) >= 11 is 0. The van der Waals surface area contributed by atoms with Crippen LogP contribution in [0.4, 0.5) is 0 Å². The largest absolute Gasteiger partial charge is 0.392 e. The summed E-state index contributed by atoms with van der Waals surface area (Å²) in [5, 5.41) is 8.74. The van der Waals surface area contributed by atoms with Crippen molar-refractivity contribution < 1.29 is 9.32 Å². The van der Waals surface area contributed by atoms with Gasteiger partial charge >= 0.3 is 0 Å². The van der Waals surface area contributed by atoms with Gasteiger partial charge in [0.05, 0.1) is 6.61 Å². The molecule has 0 heterocycles. The third-order valence-electron chi connectivity index (χ3n) is 1.41. The molecule has 0 bridgehead atoms. The molecule has 1 atom stereocenters. The lowest BCUT2D eigenvalue weighted by molar-refractivity contribution is 0.281. The zero-order valence-corrected chi connectivity index (χ0v) is 7.10. The van der Waals surface area contributed by atoms with Gasteiger partial charge in [-0.05, 0) is 17.7 Å². The Bertz CT molecular complexity index is 271. The zero-order chi connectivity index (χ0) is 8.27. The van der Waals surface area contributed by atoms with Crippen LogP contribution in [0.25, 0.3) is 0 Å². The Balaban J connectivity index is 3.01. The minimum Gasteiger partial charge on any atom is -0.392 e. The number of hydrogen-bond donors (Lipinski definition) is 1. The Morgan fingerprint density at radius 1 is 1.55 bits per heavy atom. The number of benzene rings is 1. The van der Waals surface area contributed by atoms with E-state index in [2.05, 4.69) is 0 Å². The first-order valence-corrected chi connectivity index (χ1v) is 4.83. The molecule has 2 nitrogen and oxygen atoms in total. The third kappa shape index (κ3) is 2.13. The lowest BCUT2D eigenvalue weighted by atomic mass is 10.2. The second kappa shape index (κ2) is 3.64. The minimum atomic E-state index is -0.952. The average molecular weight is 170 g/mol. The molecule has 3 heteroatoms. The van der Waals surface area contributed by atoms with Gasteiger partial charge in [-0.3, -0.25) is 4.21 Å². The van der Waals surface area contributed by atoms with Crippen molar-refractivity contribution in [3.05, 3.63) is 29.8 Å². The van der Waals surface area contributed by atoms with Crippen molar-refractivity contribution >= 4 is 10.8 Å². The van der Waals surface area contributed by atoms with E-state index < -0.39 is 10.8 Å². The predicted octanol–water partition coefficient (Wildman–Crippen LogP) is 0.916. The number of rotatable bonds is 2. The molecule has 1 rings (SSSR count). The average Bonchev–Trinajstić information content (AvgIpc) is 2.05. The van der Waals surface area contributed by atoms with Crippen LogP contribution in [0.2, 0.25) is 0 Å². The van der Waals surface area contributed by atoms with Gasteiger partial charge in [0, 0.05) is 22.0 Å². The van der Waals surface area contributed by atoms with Gasteiger partial charge in [-0.2, -0.15) is 0 Å². The predicted molar refractivity (Wildman–Crippen MR) is 44.7 cm³/mol. The van der Waals surface area contributed by atoms with Crippen molar-refractivity contribution in [3.63, 3.8) is 0 Å². The highest BCUT2D eigenvalue weighted by Crippen LogP contribution is 2.07. The molecule has 60 valence electrons. The molecular weight excluding hydrogens is 160 g/mol. The Morgan fingerprint density at radius 2 is 2.27 bits per heavy atom. The monoisotopic (exact) mass is 170 g/mol. The number of aliphatic hydroxyl groups is 1. The van der Waals surface area contributed by atoms with Crippen molar-refractivity contribution in [1.29, 1.82) is 0 Å². The third-order valence-corrected chi connectivity index (χ3v) is 2.33. The van der Waals surface area contributed by atoms with Crippen LogP contribution >= 0.6 is 0 Å². The number of aliphatic hydroxyl groups excluding tert-OH is 1. The van der Waals surface area contributed by atoms with Gasteiger partial charge in [0.2, 0.25) is 0 Å². The van der Waals surface area contributed by atoms with Crippen molar-refractivity contribution in [2.24, 2.45) is 0 Å². The molecule has 0 saturated carbocycles. The summed E-state index contributed by atoms with van der Waals surface area (Å²) in [5.41, 5.74) is 0.803. The highest BCUT2D eigenvalue weighted by atomic mass is 32.2. The van der Waals surface area contributed by atoms with Crippen LogP contribution in [0.1, 0.15) is 5.56 Å². The Labute approximate surface area is 68.3 Å². The lowest BCUT2D eigenvalue weighted by Gasteiger charge is -1.98. The molecule has 0 radical (unpaired) electrons. The maximum Gasteiger partial charge on any atom is 0.0682 e. The maximum atomic E-state index is 10.9. The van der Waals surface area contributed by atoms with Crippen LogP contribution in [0.5, 0.6) is 0 Å². The topological polar surface area (TPSA) is 37.3 Å². The van der Waals surface area contributed by atoms with E-state index in [-0.39, 0.29) is 6.61 Å². The lowest BCUT2D eigenvalue weighted by Crippen LogP contribution is -1.89. The molecule has 0 saturated heterocycles. The fraction of sp³-hybridized carbons (Fsp3) is 0.250. The molecule has 1 aromatic rings. The fourth-order valence-corrected chi connectivity index (χ4v) is 1.41. The summed E-state index contributed by atoms with van der Waals surface area (Å²) in [6.07, 6.45) is 1.62. The Kier molecular flexibility index (Phi) is 2.79. The van der Waals surface area contributed by atoms with Crippen LogP contribution in [0, 0.1) is 0 Å². The van der Waals surface area contributed by atoms with Crippen molar-refractivity contribution in [2.75, 3.05) is 6.26 Å².